The van der Waals surface area contributed by atoms with Gasteiger partial charge in [-0.3, -0.25) is 4.99 Å². The summed E-state index contributed by atoms with van der Waals surface area (Å²) in [6.45, 7) is 1.37. The Bertz CT molecular complexity index is 171. The van der Waals surface area contributed by atoms with Crippen molar-refractivity contribution in [1.82, 2.24) is 0 Å². The summed E-state index contributed by atoms with van der Waals surface area (Å²) in [7, 11) is 0. The highest BCUT2D eigenvalue weighted by atomic mass is 16.5. The lowest BCUT2D eigenvalue weighted by molar-refractivity contribution is 0.160. The summed E-state index contributed by atoms with van der Waals surface area (Å²) in [6, 6.07) is 0. The monoisotopic (exact) mass is 137 g/mol. The lowest BCUT2D eigenvalue weighted by atomic mass is 9.97. The SMILES string of the molecule is C1=C2COCN=C2CCC1. The van der Waals surface area contributed by atoms with Crippen LogP contribution in [0.2, 0.25) is 0 Å². The van der Waals surface area contributed by atoms with Crippen LogP contribution in [0.1, 0.15) is 19.3 Å². The lowest BCUT2D eigenvalue weighted by Gasteiger charge is -2.19. The molecule has 1 aliphatic heterocycles. The quantitative estimate of drug-likeness (QED) is 0.496. The molecule has 0 spiro atoms. The lowest BCUT2D eigenvalue weighted by Crippen LogP contribution is -2.18. The van der Waals surface area contributed by atoms with Gasteiger partial charge in [0.15, 0.2) is 0 Å². The number of fused-ring (bicyclic) bond motifs is 1. The Kier molecular flexibility index (Phi) is 1.55. The van der Waals surface area contributed by atoms with Crippen molar-refractivity contribution in [3.8, 4) is 0 Å². The van der Waals surface area contributed by atoms with Gasteiger partial charge in [0.25, 0.3) is 0 Å². The molecular formula is C8H11NO. The largest absolute Gasteiger partial charge is 0.355 e. The van der Waals surface area contributed by atoms with Crippen molar-refractivity contribution in [2.45, 2.75) is 19.3 Å². The van der Waals surface area contributed by atoms with Crippen molar-refractivity contribution in [2.24, 2.45) is 4.99 Å². The van der Waals surface area contributed by atoms with Gasteiger partial charge >= 0.3 is 0 Å². The first-order valence-electron chi connectivity index (χ1n) is 3.77. The predicted molar refractivity (Wildman–Crippen MR) is 40.2 cm³/mol. The van der Waals surface area contributed by atoms with Crippen LogP contribution in [0.3, 0.4) is 0 Å². The smallest absolute Gasteiger partial charge is 0.138 e. The summed E-state index contributed by atoms with van der Waals surface area (Å²) in [5, 5.41) is 0. The molecule has 0 unspecified atom stereocenters. The molecular weight excluding hydrogens is 126 g/mol. The zero-order valence-corrected chi connectivity index (χ0v) is 5.97. The van der Waals surface area contributed by atoms with Gasteiger partial charge in [0.05, 0.1) is 6.61 Å². The van der Waals surface area contributed by atoms with Crippen molar-refractivity contribution in [1.29, 1.82) is 0 Å². The normalized spacial score (nSPS) is 24.8. The predicted octanol–water partition coefficient (Wildman–Crippen LogP) is 1.53. The third kappa shape index (κ3) is 0.991. The Morgan fingerprint density at radius 2 is 2.50 bits per heavy atom. The van der Waals surface area contributed by atoms with Gasteiger partial charge in [-0.15, -0.1) is 0 Å². The topological polar surface area (TPSA) is 21.6 Å². The molecule has 0 bridgehead atoms. The van der Waals surface area contributed by atoms with Crippen LogP contribution in [-0.4, -0.2) is 19.0 Å². The number of ether oxygens (including phenoxy) is 1. The highest BCUT2D eigenvalue weighted by Gasteiger charge is 2.14. The summed E-state index contributed by atoms with van der Waals surface area (Å²) in [5.74, 6) is 0. The number of nitrogens with zero attached hydrogens (tertiary/aromatic N) is 1. The summed E-state index contributed by atoms with van der Waals surface area (Å²) < 4.78 is 5.18. The van der Waals surface area contributed by atoms with Gasteiger partial charge in [-0.25, -0.2) is 0 Å². The van der Waals surface area contributed by atoms with Crippen LogP contribution in [0.15, 0.2) is 16.6 Å². The van der Waals surface area contributed by atoms with Crippen LogP contribution in [0.5, 0.6) is 0 Å². The second-order valence-corrected chi connectivity index (χ2v) is 2.70. The summed E-state index contributed by atoms with van der Waals surface area (Å²) >= 11 is 0. The fraction of sp³-hybridized carbons (Fsp3) is 0.625. The highest BCUT2D eigenvalue weighted by Crippen LogP contribution is 2.18. The molecule has 10 heavy (non-hydrogen) atoms. The molecule has 1 aliphatic carbocycles. The molecule has 2 aliphatic rings. The standard InChI is InChI=1S/C8H11NO/c1-2-4-8-7(3-1)5-10-6-9-8/h3H,1-2,4-6H2. The van der Waals surface area contributed by atoms with Crippen molar-refractivity contribution in [3.05, 3.63) is 11.6 Å². The van der Waals surface area contributed by atoms with Crippen LogP contribution in [-0.2, 0) is 4.74 Å². The van der Waals surface area contributed by atoms with Gasteiger partial charge in [-0.2, -0.15) is 0 Å². The minimum absolute atomic E-state index is 0.576. The number of allylic oxidation sites excluding steroid dienone is 1. The summed E-state index contributed by atoms with van der Waals surface area (Å²) in [6.07, 6.45) is 5.89. The number of hydrogen-bond donors (Lipinski definition) is 0. The van der Waals surface area contributed by atoms with Gasteiger partial charge in [-0.1, -0.05) is 6.08 Å². The Morgan fingerprint density at radius 1 is 1.50 bits per heavy atom. The fourth-order valence-electron chi connectivity index (χ4n) is 1.43. The molecule has 2 nitrogen and oxygen atoms in total. The maximum Gasteiger partial charge on any atom is 0.138 e. The van der Waals surface area contributed by atoms with Gasteiger partial charge in [-0.05, 0) is 24.8 Å². The minimum Gasteiger partial charge on any atom is -0.355 e. The molecule has 1 heterocycles. The van der Waals surface area contributed by atoms with E-state index in [1.807, 2.05) is 0 Å². The molecule has 2 rings (SSSR count). The third-order valence-electron chi connectivity index (χ3n) is 1.98. The van der Waals surface area contributed by atoms with Gasteiger partial charge in [0.1, 0.15) is 6.73 Å². The first-order valence-corrected chi connectivity index (χ1v) is 3.77. The molecule has 2 heteroatoms. The van der Waals surface area contributed by atoms with E-state index in [1.54, 1.807) is 0 Å². The average molecular weight is 137 g/mol. The maximum absolute atomic E-state index is 5.18. The average Bonchev–Trinajstić information content (AvgIpc) is 2.05. The molecule has 0 atom stereocenters. The van der Waals surface area contributed by atoms with E-state index in [-0.39, 0.29) is 0 Å². The fourth-order valence-corrected chi connectivity index (χ4v) is 1.43. The molecule has 0 aromatic heterocycles. The molecule has 0 aromatic rings. The van der Waals surface area contributed by atoms with Crippen LogP contribution in [0.25, 0.3) is 0 Å². The van der Waals surface area contributed by atoms with E-state index in [1.165, 1.54) is 24.1 Å². The van der Waals surface area contributed by atoms with Crippen LogP contribution >= 0.6 is 0 Å². The van der Waals surface area contributed by atoms with Crippen molar-refractivity contribution in [3.63, 3.8) is 0 Å². The zero-order valence-electron chi connectivity index (χ0n) is 5.97. The molecule has 0 fully saturated rings. The second kappa shape index (κ2) is 2.54. The molecule has 0 saturated heterocycles. The van der Waals surface area contributed by atoms with Crippen LogP contribution < -0.4 is 0 Å². The molecule has 0 amide bonds. The number of hydrogen-bond acceptors (Lipinski definition) is 2. The molecule has 0 N–H and O–H groups in total. The van der Waals surface area contributed by atoms with Crippen LogP contribution in [0, 0.1) is 0 Å². The van der Waals surface area contributed by atoms with Gasteiger partial charge < -0.3 is 4.74 Å². The van der Waals surface area contributed by atoms with E-state index >= 15 is 0 Å². The Balaban J connectivity index is 2.25. The van der Waals surface area contributed by atoms with E-state index in [0.29, 0.717) is 6.73 Å². The van der Waals surface area contributed by atoms with Gasteiger partial charge in [0.2, 0.25) is 0 Å². The van der Waals surface area contributed by atoms with E-state index in [2.05, 4.69) is 11.1 Å². The Morgan fingerprint density at radius 3 is 3.40 bits per heavy atom. The van der Waals surface area contributed by atoms with E-state index < -0.39 is 0 Å². The summed E-state index contributed by atoms with van der Waals surface area (Å²) in [5.41, 5.74) is 2.62. The van der Waals surface area contributed by atoms with Gasteiger partial charge in [0, 0.05) is 5.71 Å². The van der Waals surface area contributed by atoms with Crippen LogP contribution in [0.4, 0.5) is 0 Å². The van der Waals surface area contributed by atoms with E-state index in [0.717, 1.165) is 13.0 Å². The maximum atomic E-state index is 5.18. The second-order valence-electron chi connectivity index (χ2n) is 2.70. The molecule has 54 valence electrons. The van der Waals surface area contributed by atoms with Crippen molar-refractivity contribution < 1.29 is 4.74 Å². The van der Waals surface area contributed by atoms with Crippen molar-refractivity contribution >= 4 is 5.71 Å². The number of aliphatic imine (C=N–C) groups is 1. The third-order valence-corrected chi connectivity index (χ3v) is 1.98. The Hall–Kier alpha value is -0.630. The summed E-state index contributed by atoms with van der Waals surface area (Å²) in [4.78, 5) is 4.28. The van der Waals surface area contributed by atoms with E-state index in [9.17, 15) is 0 Å². The number of rotatable bonds is 0. The molecule has 0 saturated carbocycles. The molecule has 0 radical (unpaired) electrons. The van der Waals surface area contributed by atoms with E-state index in [4.69, 9.17) is 4.74 Å². The minimum atomic E-state index is 0.576. The molecule has 0 aromatic carbocycles. The Labute approximate surface area is 60.6 Å². The van der Waals surface area contributed by atoms with Crippen molar-refractivity contribution in [2.75, 3.05) is 13.3 Å². The first kappa shape index (κ1) is 6.10. The highest BCUT2D eigenvalue weighted by molar-refractivity contribution is 6.01. The zero-order chi connectivity index (χ0) is 6.81. The first-order chi connectivity index (χ1) is 4.97.